The minimum absolute atomic E-state index is 0.340. The zero-order chi connectivity index (χ0) is 11.8. The van der Waals surface area contributed by atoms with Crippen LogP contribution in [-0.4, -0.2) is 57.1 Å². The molecule has 0 saturated carbocycles. The number of morpholine rings is 1. The Labute approximate surface area is 96.6 Å². The fourth-order valence-corrected chi connectivity index (χ4v) is 1.36. The second-order valence-corrected chi connectivity index (χ2v) is 4.26. The van der Waals surface area contributed by atoms with Gasteiger partial charge in [0, 0.05) is 19.6 Å². The molecule has 0 bridgehead atoms. The highest BCUT2D eigenvalue weighted by atomic mass is 16.7. The van der Waals surface area contributed by atoms with Gasteiger partial charge in [-0.15, -0.1) is 0 Å². The quantitative estimate of drug-likeness (QED) is 0.664. The molecule has 0 aromatic carbocycles. The monoisotopic (exact) mass is 231 g/mol. The van der Waals surface area contributed by atoms with E-state index in [-0.39, 0.29) is 0 Å². The van der Waals surface area contributed by atoms with Crippen molar-refractivity contribution >= 4 is 6.16 Å². The molecule has 94 valence electrons. The molecule has 5 nitrogen and oxygen atoms in total. The summed E-state index contributed by atoms with van der Waals surface area (Å²) < 4.78 is 15.1. The fourth-order valence-electron chi connectivity index (χ4n) is 1.36. The summed E-state index contributed by atoms with van der Waals surface area (Å²) in [5.41, 5.74) is 0. The number of rotatable bonds is 5. The smallest absolute Gasteiger partial charge is 0.434 e. The number of carbonyl (C=O) groups is 1. The Morgan fingerprint density at radius 3 is 2.62 bits per heavy atom. The second-order valence-electron chi connectivity index (χ2n) is 4.26. The molecule has 1 rings (SSSR count). The number of hydrogen-bond acceptors (Lipinski definition) is 5. The van der Waals surface area contributed by atoms with Crippen LogP contribution >= 0.6 is 0 Å². The third-order valence-electron chi connectivity index (χ3n) is 2.27. The van der Waals surface area contributed by atoms with E-state index in [9.17, 15) is 4.79 Å². The van der Waals surface area contributed by atoms with E-state index in [1.54, 1.807) is 0 Å². The number of carbonyl (C=O) groups excluding carboxylic acids is 1. The summed E-state index contributed by atoms with van der Waals surface area (Å²) in [5.74, 6) is 0.340. The number of nitrogens with zero attached hydrogens (tertiary/aromatic N) is 1. The minimum atomic E-state index is -0.568. The highest BCUT2D eigenvalue weighted by Crippen LogP contribution is 1.98. The molecule has 0 aromatic rings. The van der Waals surface area contributed by atoms with Gasteiger partial charge in [0.15, 0.2) is 0 Å². The Kier molecular flexibility index (Phi) is 6.18. The number of ether oxygens (including phenoxy) is 3. The maximum atomic E-state index is 11.1. The van der Waals surface area contributed by atoms with Crippen LogP contribution in [0.3, 0.4) is 0 Å². The molecule has 0 aromatic heterocycles. The molecule has 0 radical (unpaired) electrons. The van der Waals surface area contributed by atoms with Crippen molar-refractivity contribution in [3.8, 4) is 0 Å². The van der Waals surface area contributed by atoms with Crippen molar-refractivity contribution in [3.63, 3.8) is 0 Å². The molecular formula is C11H21NO4. The Balaban J connectivity index is 1.99. The third-order valence-corrected chi connectivity index (χ3v) is 2.27. The molecule has 1 heterocycles. The van der Waals surface area contributed by atoms with E-state index in [0.717, 1.165) is 32.8 Å². The van der Waals surface area contributed by atoms with Crippen LogP contribution in [0.2, 0.25) is 0 Å². The maximum absolute atomic E-state index is 11.1. The van der Waals surface area contributed by atoms with Crippen LogP contribution in [-0.2, 0) is 14.2 Å². The fraction of sp³-hybridized carbons (Fsp3) is 0.909. The molecule has 0 N–H and O–H groups in total. The zero-order valence-corrected chi connectivity index (χ0v) is 10.1. The first-order chi connectivity index (χ1) is 7.68. The van der Waals surface area contributed by atoms with E-state index in [1.165, 1.54) is 0 Å². The molecule has 5 heteroatoms. The van der Waals surface area contributed by atoms with Crippen molar-refractivity contribution in [2.45, 2.75) is 13.8 Å². The molecule has 0 aliphatic carbocycles. The molecule has 1 saturated heterocycles. The summed E-state index contributed by atoms with van der Waals surface area (Å²) >= 11 is 0. The molecule has 0 unspecified atom stereocenters. The molecule has 1 fully saturated rings. The molecule has 0 atom stereocenters. The predicted molar refractivity (Wildman–Crippen MR) is 59.4 cm³/mol. The van der Waals surface area contributed by atoms with Gasteiger partial charge in [-0.1, -0.05) is 13.8 Å². The van der Waals surface area contributed by atoms with Crippen LogP contribution in [0.15, 0.2) is 0 Å². The predicted octanol–water partition coefficient (Wildman–Crippen LogP) is 1.13. The molecule has 1 aliphatic rings. The van der Waals surface area contributed by atoms with Gasteiger partial charge >= 0.3 is 6.16 Å². The molecule has 0 spiro atoms. The van der Waals surface area contributed by atoms with Crippen LogP contribution < -0.4 is 0 Å². The van der Waals surface area contributed by atoms with Gasteiger partial charge in [0.25, 0.3) is 0 Å². The average Bonchev–Trinajstić information content (AvgIpc) is 2.28. The van der Waals surface area contributed by atoms with Gasteiger partial charge in [0.1, 0.15) is 6.61 Å². The maximum Gasteiger partial charge on any atom is 0.508 e. The zero-order valence-electron chi connectivity index (χ0n) is 10.1. The van der Waals surface area contributed by atoms with Crippen molar-refractivity contribution in [1.82, 2.24) is 4.90 Å². The first kappa shape index (κ1) is 13.3. The average molecular weight is 231 g/mol. The largest absolute Gasteiger partial charge is 0.508 e. The topological polar surface area (TPSA) is 48.0 Å². The molecule has 0 amide bonds. The van der Waals surface area contributed by atoms with Gasteiger partial charge < -0.3 is 14.2 Å². The highest BCUT2D eigenvalue weighted by molar-refractivity contribution is 5.59. The minimum Gasteiger partial charge on any atom is -0.434 e. The van der Waals surface area contributed by atoms with Gasteiger partial charge in [-0.3, -0.25) is 4.90 Å². The van der Waals surface area contributed by atoms with E-state index in [4.69, 9.17) is 14.2 Å². The second kappa shape index (κ2) is 7.46. The lowest BCUT2D eigenvalue weighted by molar-refractivity contribution is 0.0138. The summed E-state index contributed by atoms with van der Waals surface area (Å²) in [6, 6.07) is 0. The van der Waals surface area contributed by atoms with Crippen molar-refractivity contribution in [1.29, 1.82) is 0 Å². The molecule has 16 heavy (non-hydrogen) atoms. The Bertz CT molecular complexity index is 202. The summed E-state index contributed by atoms with van der Waals surface area (Å²) in [7, 11) is 0. The highest BCUT2D eigenvalue weighted by Gasteiger charge is 2.11. The normalized spacial score (nSPS) is 17.4. The van der Waals surface area contributed by atoms with Crippen LogP contribution in [0.4, 0.5) is 4.79 Å². The summed E-state index contributed by atoms with van der Waals surface area (Å²) in [4.78, 5) is 13.3. The summed E-state index contributed by atoms with van der Waals surface area (Å²) in [6.07, 6.45) is -0.568. The van der Waals surface area contributed by atoms with Crippen molar-refractivity contribution < 1.29 is 19.0 Å². The number of hydrogen-bond donors (Lipinski definition) is 0. The van der Waals surface area contributed by atoms with Gasteiger partial charge in [-0.25, -0.2) is 4.79 Å². The Morgan fingerprint density at radius 2 is 2.00 bits per heavy atom. The third kappa shape index (κ3) is 5.92. The van der Waals surface area contributed by atoms with Crippen LogP contribution in [0.5, 0.6) is 0 Å². The Hall–Kier alpha value is -0.810. The SMILES string of the molecule is CC(C)COC(=O)OCCN1CCOCC1. The lowest BCUT2D eigenvalue weighted by atomic mass is 10.2. The van der Waals surface area contributed by atoms with Gasteiger partial charge in [-0.05, 0) is 5.92 Å². The van der Waals surface area contributed by atoms with Gasteiger partial charge in [-0.2, -0.15) is 0 Å². The van der Waals surface area contributed by atoms with Crippen molar-refractivity contribution in [2.75, 3.05) is 46.1 Å². The van der Waals surface area contributed by atoms with E-state index < -0.39 is 6.16 Å². The standard InChI is InChI=1S/C11H21NO4/c1-10(2)9-16-11(13)15-8-5-12-3-6-14-7-4-12/h10H,3-9H2,1-2H3. The molecular weight excluding hydrogens is 210 g/mol. The first-order valence-electron chi connectivity index (χ1n) is 5.78. The first-order valence-corrected chi connectivity index (χ1v) is 5.78. The summed E-state index contributed by atoms with van der Waals surface area (Å²) in [5, 5.41) is 0. The van der Waals surface area contributed by atoms with Gasteiger partial charge in [0.2, 0.25) is 0 Å². The lowest BCUT2D eigenvalue weighted by Gasteiger charge is -2.26. The van der Waals surface area contributed by atoms with Crippen LogP contribution in [0.25, 0.3) is 0 Å². The van der Waals surface area contributed by atoms with E-state index >= 15 is 0 Å². The van der Waals surface area contributed by atoms with Gasteiger partial charge in [0.05, 0.1) is 19.8 Å². The van der Waals surface area contributed by atoms with Crippen LogP contribution in [0, 0.1) is 5.92 Å². The lowest BCUT2D eigenvalue weighted by Crippen LogP contribution is -2.38. The van der Waals surface area contributed by atoms with Crippen molar-refractivity contribution in [2.24, 2.45) is 5.92 Å². The molecule has 1 aliphatic heterocycles. The van der Waals surface area contributed by atoms with E-state index in [1.807, 2.05) is 13.8 Å². The van der Waals surface area contributed by atoms with Crippen molar-refractivity contribution in [3.05, 3.63) is 0 Å². The Morgan fingerprint density at radius 1 is 1.31 bits per heavy atom. The van der Waals surface area contributed by atoms with E-state index in [2.05, 4.69) is 4.90 Å². The summed E-state index contributed by atoms with van der Waals surface area (Å²) in [6.45, 7) is 8.86. The van der Waals surface area contributed by atoms with Crippen LogP contribution in [0.1, 0.15) is 13.8 Å². The van der Waals surface area contributed by atoms with E-state index in [0.29, 0.717) is 19.1 Å².